The van der Waals surface area contributed by atoms with Crippen molar-refractivity contribution in [1.29, 1.82) is 5.26 Å². The van der Waals surface area contributed by atoms with Gasteiger partial charge >= 0.3 is 0 Å². The Balaban J connectivity index is 2.01. The number of nitriles is 1. The van der Waals surface area contributed by atoms with Crippen LogP contribution in [0.2, 0.25) is 0 Å². The quantitative estimate of drug-likeness (QED) is 0.920. The van der Waals surface area contributed by atoms with Crippen LogP contribution in [0.15, 0.2) is 18.2 Å². The maximum absolute atomic E-state index is 13.5. The van der Waals surface area contributed by atoms with Gasteiger partial charge in [-0.25, -0.2) is 17.1 Å². The van der Waals surface area contributed by atoms with Crippen LogP contribution in [0.1, 0.15) is 18.4 Å². The van der Waals surface area contributed by atoms with Gasteiger partial charge in [0.1, 0.15) is 17.4 Å². The van der Waals surface area contributed by atoms with Crippen LogP contribution in [-0.2, 0) is 10.0 Å². The van der Waals surface area contributed by atoms with E-state index in [1.54, 1.807) is 12.1 Å². The number of piperidine rings is 1. The third kappa shape index (κ3) is 3.93. The van der Waals surface area contributed by atoms with Crippen molar-refractivity contribution in [1.82, 2.24) is 4.31 Å². The Morgan fingerprint density at radius 3 is 2.95 bits per heavy atom. The highest BCUT2D eigenvalue weighted by Crippen LogP contribution is 2.22. The molecule has 0 amide bonds. The highest BCUT2D eigenvalue weighted by Gasteiger charge is 2.25. The molecule has 0 bridgehead atoms. The van der Waals surface area contributed by atoms with Crippen molar-refractivity contribution in [3.63, 3.8) is 0 Å². The largest absolute Gasteiger partial charge is 0.384 e. The Morgan fingerprint density at radius 2 is 2.29 bits per heavy atom. The van der Waals surface area contributed by atoms with E-state index in [9.17, 15) is 12.8 Å². The normalized spacial score (nSPS) is 20.0. The van der Waals surface area contributed by atoms with E-state index < -0.39 is 15.8 Å². The number of halogens is 1. The van der Waals surface area contributed by atoms with Crippen molar-refractivity contribution in [2.24, 2.45) is 5.92 Å². The summed E-state index contributed by atoms with van der Waals surface area (Å²) in [6.45, 7) is 1.53. The van der Waals surface area contributed by atoms with E-state index in [-0.39, 0.29) is 11.5 Å². The van der Waals surface area contributed by atoms with Gasteiger partial charge in [0.15, 0.2) is 0 Å². The molecule has 0 aliphatic carbocycles. The van der Waals surface area contributed by atoms with Gasteiger partial charge in [0.25, 0.3) is 0 Å². The summed E-state index contributed by atoms with van der Waals surface area (Å²) >= 11 is 0. The number of benzene rings is 1. The first-order valence-electron chi connectivity index (χ1n) is 6.79. The zero-order chi connectivity index (χ0) is 15.5. The zero-order valence-electron chi connectivity index (χ0n) is 11.8. The summed E-state index contributed by atoms with van der Waals surface area (Å²) in [7, 11) is -3.17. The molecule has 2 rings (SSSR count). The minimum Gasteiger partial charge on any atom is -0.384 e. The van der Waals surface area contributed by atoms with Crippen molar-refractivity contribution in [2.75, 3.05) is 31.2 Å². The molecular formula is C14H18FN3O2S. The second kappa shape index (κ2) is 6.41. The molecular weight excluding hydrogens is 293 g/mol. The fourth-order valence-electron chi connectivity index (χ4n) is 2.53. The summed E-state index contributed by atoms with van der Waals surface area (Å²) in [6, 6.07) is 6.28. The van der Waals surface area contributed by atoms with Gasteiger partial charge in [0, 0.05) is 19.6 Å². The van der Waals surface area contributed by atoms with Gasteiger partial charge in [0.2, 0.25) is 10.0 Å². The number of anilines is 1. The third-order valence-corrected chi connectivity index (χ3v) is 4.93. The molecule has 114 valence electrons. The summed E-state index contributed by atoms with van der Waals surface area (Å²) < 4.78 is 38.1. The molecule has 7 heteroatoms. The number of nitrogens with one attached hydrogen (secondary N) is 1. The summed E-state index contributed by atoms with van der Waals surface area (Å²) in [6.07, 6.45) is 2.94. The average molecular weight is 311 g/mol. The first-order valence-corrected chi connectivity index (χ1v) is 8.64. The molecule has 0 spiro atoms. The first kappa shape index (κ1) is 15.7. The van der Waals surface area contributed by atoms with Gasteiger partial charge in [0.05, 0.1) is 11.9 Å². The second-order valence-electron chi connectivity index (χ2n) is 5.28. The maximum atomic E-state index is 13.5. The van der Waals surface area contributed by atoms with E-state index in [1.807, 2.05) is 6.07 Å². The fraction of sp³-hybridized carbons (Fsp3) is 0.500. The first-order chi connectivity index (χ1) is 9.91. The van der Waals surface area contributed by atoms with Crippen molar-refractivity contribution >= 4 is 15.7 Å². The molecule has 1 aliphatic heterocycles. The minimum absolute atomic E-state index is 0.00622. The smallest absolute Gasteiger partial charge is 0.211 e. The molecule has 1 aromatic rings. The lowest BCUT2D eigenvalue weighted by atomic mass is 9.99. The lowest BCUT2D eigenvalue weighted by Crippen LogP contribution is -2.41. The van der Waals surface area contributed by atoms with Crippen LogP contribution < -0.4 is 5.32 Å². The molecule has 1 N–H and O–H groups in total. The molecule has 1 fully saturated rings. The van der Waals surface area contributed by atoms with Crippen molar-refractivity contribution in [3.8, 4) is 6.07 Å². The molecule has 1 unspecified atom stereocenters. The van der Waals surface area contributed by atoms with Gasteiger partial charge in [-0.3, -0.25) is 0 Å². The number of rotatable bonds is 4. The van der Waals surface area contributed by atoms with E-state index in [0.29, 0.717) is 25.3 Å². The third-order valence-electron chi connectivity index (χ3n) is 3.66. The van der Waals surface area contributed by atoms with Gasteiger partial charge in [-0.1, -0.05) is 6.07 Å². The van der Waals surface area contributed by atoms with E-state index in [1.165, 1.54) is 16.6 Å². The van der Waals surface area contributed by atoms with Crippen molar-refractivity contribution in [3.05, 3.63) is 29.6 Å². The number of sulfonamides is 1. The second-order valence-corrected chi connectivity index (χ2v) is 7.27. The van der Waals surface area contributed by atoms with Crippen LogP contribution in [0.25, 0.3) is 0 Å². The van der Waals surface area contributed by atoms with Crippen LogP contribution >= 0.6 is 0 Å². The molecule has 1 atom stereocenters. The van der Waals surface area contributed by atoms with E-state index in [0.717, 1.165) is 12.8 Å². The Morgan fingerprint density at radius 1 is 1.52 bits per heavy atom. The number of hydrogen-bond acceptors (Lipinski definition) is 4. The summed E-state index contributed by atoms with van der Waals surface area (Å²) in [5.41, 5.74) is 0.447. The van der Waals surface area contributed by atoms with E-state index in [2.05, 4.69) is 5.32 Å². The average Bonchev–Trinajstić information content (AvgIpc) is 2.44. The maximum Gasteiger partial charge on any atom is 0.211 e. The lowest BCUT2D eigenvalue weighted by Gasteiger charge is -2.31. The predicted octanol–water partition coefficient (Wildman–Crippen LogP) is 1.78. The summed E-state index contributed by atoms with van der Waals surface area (Å²) in [5, 5.41) is 12.0. The molecule has 0 aromatic heterocycles. The highest BCUT2D eigenvalue weighted by molar-refractivity contribution is 7.88. The Hall–Kier alpha value is -1.65. The number of hydrogen-bond donors (Lipinski definition) is 1. The van der Waals surface area contributed by atoms with Crippen LogP contribution in [0.3, 0.4) is 0 Å². The van der Waals surface area contributed by atoms with Gasteiger partial charge in [-0.2, -0.15) is 5.26 Å². The topological polar surface area (TPSA) is 73.2 Å². The molecule has 5 nitrogen and oxygen atoms in total. The molecule has 1 heterocycles. The van der Waals surface area contributed by atoms with Crippen molar-refractivity contribution in [2.45, 2.75) is 12.8 Å². The van der Waals surface area contributed by atoms with Crippen LogP contribution in [0.5, 0.6) is 0 Å². The summed E-state index contributed by atoms with van der Waals surface area (Å²) in [4.78, 5) is 0. The van der Waals surface area contributed by atoms with Gasteiger partial charge in [-0.05, 0) is 30.9 Å². The van der Waals surface area contributed by atoms with Gasteiger partial charge in [-0.15, -0.1) is 0 Å². The Kier molecular flexibility index (Phi) is 4.80. The molecule has 0 saturated carbocycles. The monoisotopic (exact) mass is 311 g/mol. The van der Waals surface area contributed by atoms with Crippen LogP contribution in [0.4, 0.5) is 10.1 Å². The molecule has 0 radical (unpaired) electrons. The van der Waals surface area contributed by atoms with Crippen LogP contribution in [-0.4, -0.2) is 38.6 Å². The zero-order valence-corrected chi connectivity index (χ0v) is 12.7. The molecule has 1 aromatic carbocycles. The molecule has 21 heavy (non-hydrogen) atoms. The summed E-state index contributed by atoms with van der Waals surface area (Å²) in [5.74, 6) is -0.396. The van der Waals surface area contributed by atoms with Crippen molar-refractivity contribution < 1.29 is 12.8 Å². The highest BCUT2D eigenvalue weighted by atomic mass is 32.2. The van der Waals surface area contributed by atoms with Gasteiger partial charge < -0.3 is 5.32 Å². The standard InChI is InChI=1S/C14H18FN3O2S/c1-21(19,20)18-7-3-4-11(10-18)9-17-14-6-2-5-13(15)12(14)8-16/h2,5-6,11,17H,3-4,7,9-10H2,1H3. The lowest BCUT2D eigenvalue weighted by molar-refractivity contribution is 0.277. The molecule has 1 aliphatic rings. The number of nitrogens with zero attached hydrogens (tertiary/aromatic N) is 2. The SMILES string of the molecule is CS(=O)(=O)N1CCCC(CNc2cccc(F)c2C#N)C1. The van der Waals surface area contributed by atoms with E-state index >= 15 is 0 Å². The Bertz CT molecular complexity index is 655. The molecule has 1 saturated heterocycles. The van der Waals surface area contributed by atoms with E-state index in [4.69, 9.17) is 5.26 Å². The van der Waals surface area contributed by atoms with Crippen LogP contribution in [0, 0.1) is 23.1 Å². The predicted molar refractivity (Wildman–Crippen MR) is 78.7 cm³/mol. The fourth-order valence-corrected chi connectivity index (χ4v) is 3.48. The Labute approximate surface area is 124 Å². The minimum atomic E-state index is -3.17.